The molecule has 0 fully saturated rings. The lowest BCUT2D eigenvalue weighted by molar-refractivity contribution is 0.0887. The molecule has 0 radical (unpaired) electrons. The molecule has 2 aromatic carbocycles. The van der Waals surface area contributed by atoms with Gasteiger partial charge in [0, 0.05) is 17.7 Å². The molecule has 0 aliphatic carbocycles. The van der Waals surface area contributed by atoms with Crippen LogP contribution in [0.2, 0.25) is 0 Å². The Kier molecular flexibility index (Phi) is 4.98. The first-order valence-corrected chi connectivity index (χ1v) is 9.11. The molecule has 2 aromatic heterocycles. The number of hydrogen-bond donors (Lipinski definition) is 1. The van der Waals surface area contributed by atoms with Gasteiger partial charge in [-0.1, -0.05) is 36.4 Å². The molecule has 0 atom stereocenters. The summed E-state index contributed by atoms with van der Waals surface area (Å²) in [4.78, 5) is 34.6. The van der Waals surface area contributed by atoms with E-state index >= 15 is 0 Å². The molecule has 8 heteroatoms. The first kappa shape index (κ1) is 18.3. The number of hydrazine groups is 1. The number of amides is 2. The Labute approximate surface area is 166 Å². The Morgan fingerprint density at radius 1 is 0.966 bits per heavy atom. The minimum absolute atomic E-state index is 0.257. The predicted molar refractivity (Wildman–Crippen MR) is 108 cm³/mol. The monoisotopic (exact) mass is 386 g/mol. The molecule has 1 N–H and O–H groups in total. The molecule has 4 rings (SSSR count). The second-order valence-corrected chi connectivity index (χ2v) is 6.21. The first-order chi connectivity index (χ1) is 14.2. The fourth-order valence-electron chi connectivity index (χ4n) is 2.96. The van der Waals surface area contributed by atoms with Crippen LogP contribution >= 0.6 is 0 Å². The third kappa shape index (κ3) is 3.55. The summed E-state index contributed by atoms with van der Waals surface area (Å²) in [6.45, 7) is 2.56. The van der Waals surface area contributed by atoms with Crippen molar-refractivity contribution in [1.82, 2.24) is 25.2 Å². The number of nitrogens with one attached hydrogen (secondary N) is 1. The van der Waals surface area contributed by atoms with E-state index in [1.807, 2.05) is 19.1 Å². The van der Waals surface area contributed by atoms with Gasteiger partial charge in [-0.2, -0.15) is 10.1 Å². The van der Waals surface area contributed by atoms with E-state index in [2.05, 4.69) is 20.5 Å². The molecule has 0 aliphatic heterocycles. The summed E-state index contributed by atoms with van der Waals surface area (Å²) in [6, 6.07) is 17.4. The molecule has 2 heterocycles. The van der Waals surface area contributed by atoms with Crippen molar-refractivity contribution in [2.75, 3.05) is 5.01 Å². The summed E-state index contributed by atoms with van der Waals surface area (Å²) in [7, 11) is 0. The van der Waals surface area contributed by atoms with Gasteiger partial charge in [0.1, 0.15) is 6.33 Å². The lowest BCUT2D eigenvalue weighted by Crippen LogP contribution is -2.47. The SMILES string of the molecule is CCn1ncc2c(N(NC(=O)c3ccccc3)C(=O)c3ccccc3)ncnc21. The topological polar surface area (TPSA) is 93.0 Å². The average Bonchev–Trinajstić information content (AvgIpc) is 3.21. The lowest BCUT2D eigenvalue weighted by atomic mass is 10.2. The molecule has 29 heavy (non-hydrogen) atoms. The van der Waals surface area contributed by atoms with Crippen LogP contribution in [-0.4, -0.2) is 31.6 Å². The molecule has 144 valence electrons. The van der Waals surface area contributed by atoms with Crippen molar-refractivity contribution in [1.29, 1.82) is 0 Å². The van der Waals surface area contributed by atoms with Crippen LogP contribution in [-0.2, 0) is 6.54 Å². The summed E-state index contributed by atoms with van der Waals surface area (Å²) < 4.78 is 1.70. The Hall–Kier alpha value is -4.07. The smallest absolute Gasteiger partial charge is 0.267 e. The fraction of sp³-hybridized carbons (Fsp3) is 0.0952. The van der Waals surface area contributed by atoms with Gasteiger partial charge in [-0.05, 0) is 31.2 Å². The van der Waals surface area contributed by atoms with Crippen LogP contribution in [0.3, 0.4) is 0 Å². The summed E-state index contributed by atoms with van der Waals surface area (Å²) in [6.07, 6.45) is 2.94. The highest BCUT2D eigenvalue weighted by Crippen LogP contribution is 2.23. The van der Waals surface area contributed by atoms with Crippen molar-refractivity contribution in [2.45, 2.75) is 13.5 Å². The number of aromatic nitrogens is 4. The van der Waals surface area contributed by atoms with Crippen molar-refractivity contribution in [3.8, 4) is 0 Å². The number of carbonyl (C=O) groups excluding carboxylic acids is 2. The summed E-state index contributed by atoms with van der Waals surface area (Å²) in [5.74, 6) is -0.587. The van der Waals surface area contributed by atoms with Crippen molar-refractivity contribution in [3.63, 3.8) is 0 Å². The standard InChI is InChI=1S/C21H18N6O2/c1-2-26-18-17(13-24-26)19(23-14-22-18)27(21(29)16-11-7-4-8-12-16)25-20(28)15-9-5-3-6-10-15/h3-14H,2H2,1H3,(H,25,28). The van der Waals surface area contributed by atoms with Crippen molar-refractivity contribution >= 4 is 28.7 Å². The highest BCUT2D eigenvalue weighted by molar-refractivity contribution is 6.11. The van der Waals surface area contributed by atoms with E-state index in [-0.39, 0.29) is 5.82 Å². The second kappa shape index (κ2) is 7.89. The van der Waals surface area contributed by atoms with E-state index in [9.17, 15) is 9.59 Å². The maximum atomic E-state index is 13.3. The number of carbonyl (C=O) groups is 2. The maximum Gasteiger partial charge on any atom is 0.278 e. The zero-order valence-electron chi connectivity index (χ0n) is 15.7. The molecule has 4 aromatic rings. The molecule has 0 bridgehead atoms. The molecule has 0 saturated carbocycles. The molecule has 0 aliphatic rings. The Balaban J connectivity index is 1.79. The normalized spacial score (nSPS) is 10.7. The third-order valence-corrected chi connectivity index (χ3v) is 4.40. The minimum Gasteiger partial charge on any atom is -0.267 e. The van der Waals surface area contributed by atoms with Crippen LogP contribution in [0, 0.1) is 0 Å². The summed E-state index contributed by atoms with van der Waals surface area (Å²) in [5.41, 5.74) is 4.10. The Bertz CT molecular complexity index is 1160. The van der Waals surface area contributed by atoms with E-state index in [0.717, 1.165) is 5.01 Å². The van der Waals surface area contributed by atoms with Gasteiger partial charge in [0.2, 0.25) is 0 Å². The number of fused-ring (bicyclic) bond motifs is 1. The number of anilines is 1. The van der Waals surface area contributed by atoms with Crippen LogP contribution in [0.25, 0.3) is 11.0 Å². The van der Waals surface area contributed by atoms with Gasteiger partial charge < -0.3 is 0 Å². The molecule has 2 amide bonds. The van der Waals surface area contributed by atoms with Gasteiger partial charge in [-0.25, -0.2) is 14.6 Å². The van der Waals surface area contributed by atoms with E-state index in [1.54, 1.807) is 59.4 Å². The molecule has 0 saturated heterocycles. The van der Waals surface area contributed by atoms with E-state index in [4.69, 9.17) is 0 Å². The summed E-state index contributed by atoms with van der Waals surface area (Å²) >= 11 is 0. The Morgan fingerprint density at radius 2 is 1.62 bits per heavy atom. The largest absolute Gasteiger partial charge is 0.278 e. The van der Waals surface area contributed by atoms with Crippen molar-refractivity contribution < 1.29 is 9.59 Å². The Morgan fingerprint density at radius 3 is 2.28 bits per heavy atom. The first-order valence-electron chi connectivity index (χ1n) is 9.11. The fourth-order valence-corrected chi connectivity index (χ4v) is 2.96. The van der Waals surface area contributed by atoms with E-state index in [0.29, 0.717) is 28.7 Å². The number of benzene rings is 2. The van der Waals surface area contributed by atoms with Gasteiger partial charge in [-0.15, -0.1) is 0 Å². The highest BCUT2D eigenvalue weighted by Gasteiger charge is 2.25. The van der Waals surface area contributed by atoms with Crippen LogP contribution < -0.4 is 10.4 Å². The lowest BCUT2D eigenvalue weighted by Gasteiger charge is -2.23. The minimum atomic E-state index is -0.426. The number of rotatable bonds is 4. The van der Waals surface area contributed by atoms with E-state index < -0.39 is 11.8 Å². The van der Waals surface area contributed by atoms with Crippen LogP contribution in [0.1, 0.15) is 27.6 Å². The number of nitrogens with zero attached hydrogens (tertiary/aromatic N) is 5. The second-order valence-electron chi connectivity index (χ2n) is 6.21. The van der Waals surface area contributed by atoms with Crippen LogP contribution in [0.15, 0.2) is 73.2 Å². The molecular weight excluding hydrogens is 368 g/mol. The van der Waals surface area contributed by atoms with Gasteiger partial charge in [-0.3, -0.25) is 15.0 Å². The molecule has 8 nitrogen and oxygen atoms in total. The zero-order chi connectivity index (χ0) is 20.2. The molecular formula is C21H18N6O2. The summed E-state index contributed by atoms with van der Waals surface area (Å²) in [5, 5.41) is 6.00. The van der Waals surface area contributed by atoms with Gasteiger partial charge in [0.15, 0.2) is 11.5 Å². The van der Waals surface area contributed by atoms with Crippen molar-refractivity contribution in [3.05, 3.63) is 84.3 Å². The van der Waals surface area contributed by atoms with Crippen LogP contribution in [0.4, 0.5) is 5.82 Å². The quantitative estimate of drug-likeness (QED) is 0.545. The zero-order valence-corrected chi connectivity index (χ0v) is 15.7. The maximum absolute atomic E-state index is 13.3. The predicted octanol–water partition coefficient (Wildman–Crippen LogP) is 2.84. The van der Waals surface area contributed by atoms with Gasteiger partial charge >= 0.3 is 0 Å². The van der Waals surface area contributed by atoms with Crippen LogP contribution in [0.5, 0.6) is 0 Å². The molecule has 0 spiro atoms. The number of aryl methyl sites for hydroxylation is 1. The van der Waals surface area contributed by atoms with Gasteiger partial charge in [0.25, 0.3) is 11.8 Å². The van der Waals surface area contributed by atoms with E-state index in [1.165, 1.54) is 6.33 Å². The third-order valence-electron chi connectivity index (χ3n) is 4.40. The average molecular weight is 386 g/mol. The van der Waals surface area contributed by atoms with Crippen molar-refractivity contribution in [2.24, 2.45) is 0 Å². The molecule has 0 unspecified atom stereocenters. The highest BCUT2D eigenvalue weighted by atomic mass is 16.2. The number of hydrogen-bond acceptors (Lipinski definition) is 5. The van der Waals surface area contributed by atoms with Gasteiger partial charge in [0.05, 0.1) is 11.6 Å².